The minimum atomic E-state index is -1.58. The first-order chi connectivity index (χ1) is 9.57. The highest BCUT2D eigenvalue weighted by molar-refractivity contribution is 5.75. The van der Waals surface area contributed by atoms with Crippen LogP contribution in [0.2, 0.25) is 0 Å². The maximum absolute atomic E-state index is 10.3. The predicted molar refractivity (Wildman–Crippen MR) is 74.5 cm³/mol. The van der Waals surface area contributed by atoms with E-state index in [9.17, 15) is 14.7 Å². The highest BCUT2D eigenvalue weighted by Crippen LogP contribution is 2.26. The highest BCUT2D eigenvalue weighted by Gasteiger charge is 2.21. The van der Waals surface area contributed by atoms with Crippen molar-refractivity contribution in [2.45, 2.75) is 32.3 Å². The summed E-state index contributed by atoms with van der Waals surface area (Å²) in [5, 5.41) is 34.3. The molecule has 0 aliphatic heterocycles. The third-order valence-corrected chi connectivity index (χ3v) is 2.39. The average molecular weight is 300 g/mol. The molecule has 0 unspecified atom stereocenters. The van der Waals surface area contributed by atoms with E-state index in [-0.39, 0.29) is 12.2 Å². The van der Waals surface area contributed by atoms with E-state index in [0.29, 0.717) is 12.2 Å². The first-order valence-corrected chi connectivity index (χ1v) is 6.11. The van der Waals surface area contributed by atoms with Gasteiger partial charge in [0, 0.05) is 6.42 Å². The van der Waals surface area contributed by atoms with Crippen molar-refractivity contribution in [2.24, 2.45) is 0 Å². The second-order valence-electron chi connectivity index (χ2n) is 4.76. The molecule has 0 spiro atoms. The lowest BCUT2D eigenvalue weighted by atomic mass is 10.1. The van der Waals surface area contributed by atoms with Gasteiger partial charge in [-0.3, -0.25) is 4.79 Å². The van der Waals surface area contributed by atoms with Crippen molar-refractivity contribution in [1.29, 1.82) is 0 Å². The Hall–Kier alpha value is -2.28. The summed E-state index contributed by atoms with van der Waals surface area (Å²) in [4.78, 5) is 20.1. The van der Waals surface area contributed by atoms with Gasteiger partial charge in [0.2, 0.25) is 0 Å². The number of hydrogen-bond acceptors (Lipinski definition) is 5. The summed E-state index contributed by atoms with van der Waals surface area (Å²) in [5.41, 5.74) is -0.800. The Labute approximate surface area is 122 Å². The number of aliphatic hydroxyl groups is 1. The average Bonchev–Trinajstić information content (AvgIpc) is 2.36. The monoisotopic (exact) mass is 300 g/mol. The molecule has 21 heavy (non-hydrogen) atoms. The molecule has 0 aliphatic rings. The lowest BCUT2D eigenvalue weighted by Crippen LogP contribution is -2.30. The SMILES string of the molecule is CC(C)(O)C(=O)O.COc1ccc(CCC(=O)O)cc1O. The van der Waals surface area contributed by atoms with E-state index < -0.39 is 17.5 Å². The zero-order valence-electron chi connectivity index (χ0n) is 12.2. The van der Waals surface area contributed by atoms with Gasteiger partial charge in [0.05, 0.1) is 7.11 Å². The number of benzene rings is 1. The summed E-state index contributed by atoms with van der Waals surface area (Å²) in [6.45, 7) is 2.44. The maximum Gasteiger partial charge on any atom is 0.335 e. The minimum Gasteiger partial charge on any atom is -0.504 e. The smallest absolute Gasteiger partial charge is 0.335 e. The van der Waals surface area contributed by atoms with Gasteiger partial charge in [-0.1, -0.05) is 6.07 Å². The van der Waals surface area contributed by atoms with E-state index in [0.717, 1.165) is 5.56 Å². The number of aliphatic carboxylic acids is 2. The van der Waals surface area contributed by atoms with Crippen molar-refractivity contribution in [3.05, 3.63) is 23.8 Å². The van der Waals surface area contributed by atoms with Gasteiger partial charge in [-0.15, -0.1) is 0 Å². The van der Waals surface area contributed by atoms with Crippen molar-refractivity contribution in [1.82, 2.24) is 0 Å². The summed E-state index contributed by atoms with van der Waals surface area (Å²) >= 11 is 0. The number of carbonyl (C=O) groups is 2. The Balaban J connectivity index is 0.000000486. The molecular formula is C14H20O7. The fraction of sp³-hybridized carbons (Fsp3) is 0.429. The number of hydrogen-bond donors (Lipinski definition) is 4. The predicted octanol–water partition coefficient (Wildman–Crippen LogP) is 1.26. The van der Waals surface area contributed by atoms with Gasteiger partial charge < -0.3 is 25.2 Å². The third kappa shape index (κ3) is 7.78. The molecule has 0 saturated heterocycles. The van der Waals surface area contributed by atoms with Crippen LogP contribution < -0.4 is 4.74 Å². The molecule has 4 N–H and O–H groups in total. The van der Waals surface area contributed by atoms with E-state index in [1.54, 1.807) is 12.1 Å². The zero-order chi connectivity index (χ0) is 16.6. The fourth-order valence-electron chi connectivity index (χ4n) is 1.14. The molecule has 0 saturated carbocycles. The number of phenolic OH excluding ortho intramolecular Hbond substituents is 1. The number of aryl methyl sites for hydroxylation is 1. The van der Waals surface area contributed by atoms with E-state index >= 15 is 0 Å². The molecule has 7 heteroatoms. The summed E-state index contributed by atoms with van der Waals surface area (Å²) in [6.07, 6.45) is 0.471. The van der Waals surface area contributed by atoms with Crippen LogP contribution in [0.3, 0.4) is 0 Å². The number of carboxylic acid groups (broad SMARTS) is 2. The summed E-state index contributed by atoms with van der Waals surface area (Å²) in [6, 6.07) is 4.87. The van der Waals surface area contributed by atoms with Crippen LogP contribution in [0.15, 0.2) is 18.2 Å². The first kappa shape index (κ1) is 18.7. The van der Waals surface area contributed by atoms with Crippen LogP contribution >= 0.6 is 0 Å². The largest absolute Gasteiger partial charge is 0.504 e. The summed E-state index contributed by atoms with van der Waals surface area (Å²) < 4.78 is 4.86. The molecule has 1 rings (SSSR count). The van der Waals surface area contributed by atoms with Crippen LogP contribution in [0.25, 0.3) is 0 Å². The Morgan fingerprint density at radius 2 is 1.76 bits per heavy atom. The Morgan fingerprint density at radius 1 is 1.24 bits per heavy atom. The van der Waals surface area contributed by atoms with Gasteiger partial charge in [0.1, 0.15) is 0 Å². The van der Waals surface area contributed by atoms with Crippen LogP contribution in [-0.4, -0.2) is 45.1 Å². The van der Waals surface area contributed by atoms with Gasteiger partial charge in [0.25, 0.3) is 0 Å². The van der Waals surface area contributed by atoms with E-state index in [1.165, 1.54) is 27.0 Å². The molecule has 0 fully saturated rings. The number of aromatic hydroxyl groups is 1. The lowest BCUT2D eigenvalue weighted by molar-refractivity contribution is -0.154. The highest BCUT2D eigenvalue weighted by atomic mass is 16.5. The second kappa shape index (κ2) is 8.11. The quantitative estimate of drug-likeness (QED) is 0.645. The van der Waals surface area contributed by atoms with Crippen LogP contribution in [0, 0.1) is 0 Å². The van der Waals surface area contributed by atoms with Crippen LogP contribution in [0.5, 0.6) is 11.5 Å². The maximum atomic E-state index is 10.3. The number of ether oxygens (including phenoxy) is 1. The molecule has 0 aromatic heterocycles. The standard InChI is InChI=1S/C10H12O4.C4H8O3/c1-14-9-4-2-7(6-8(9)11)3-5-10(12)13;1-4(2,7)3(5)6/h2,4,6,11H,3,5H2,1H3,(H,12,13);7H,1-2H3,(H,5,6). The van der Waals surface area contributed by atoms with Crippen LogP contribution in [0.1, 0.15) is 25.8 Å². The van der Waals surface area contributed by atoms with Gasteiger partial charge >= 0.3 is 11.9 Å². The first-order valence-electron chi connectivity index (χ1n) is 6.11. The van der Waals surface area contributed by atoms with Gasteiger partial charge in [-0.25, -0.2) is 4.79 Å². The topological polar surface area (TPSA) is 124 Å². The fourth-order valence-corrected chi connectivity index (χ4v) is 1.14. The summed E-state index contributed by atoms with van der Waals surface area (Å²) in [5.74, 6) is -1.62. The van der Waals surface area contributed by atoms with E-state index in [1.807, 2.05) is 0 Å². The molecule has 0 aliphatic carbocycles. The molecule has 118 valence electrons. The minimum absolute atomic E-state index is 0.0374. The van der Waals surface area contributed by atoms with Crippen molar-refractivity contribution in [3.63, 3.8) is 0 Å². The number of carboxylic acids is 2. The number of methoxy groups -OCH3 is 1. The number of rotatable bonds is 5. The van der Waals surface area contributed by atoms with Gasteiger partial charge in [0.15, 0.2) is 17.1 Å². The number of phenols is 1. The van der Waals surface area contributed by atoms with Crippen molar-refractivity contribution in [3.8, 4) is 11.5 Å². The van der Waals surface area contributed by atoms with Gasteiger partial charge in [-0.2, -0.15) is 0 Å². The Bertz CT molecular complexity index is 489. The van der Waals surface area contributed by atoms with E-state index in [4.69, 9.17) is 20.1 Å². The van der Waals surface area contributed by atoms with Crippen molar-refractivity contribution < 1.29 is 34.8 Å². The molecule has 0 radical (unpaired) electrons. The molecular weight excluding hydrogens is 280 g/mol. The third-order valence-electron chi connectivity index (χ3n) is 2.39. The van der Waals surface area contributed by atoms with Gasteiger partial charge in [-0.05, 0) is 38.0 Å². The molecule has 1 aromatic rings. The molecule has 7 nitrogen and oxygen atoms in total. The molecule has 0 amide bonds. The van der Waals surface area contributed by atoms with Crippen molar-refractivity contribution in [2.75, 3.05) is 7.11 Å². The van der Waals surface area contributed by atoms with Crippen LogP contribution in [0.4, 0.5) is 0 Å². The molecule has 0 atom stereocenters. The van der Waals surface area contributed by atoms with Crippen molar-refractivity contribution >= 4 is 11.9 Å². The van der Waals surface area contributed by atoms with E-state index in [2.05, 4.69) is 0 Å². The normalized spacial score (nSPS) is 10.3. The Kier molecular flexibility index (Phi) is 7.23. The second-order valence-corrected chi connectivity index (χ2v) is 4.76. The molecule has 1 aromatic carbocycles. The molecule has 0 heterocycles. The Morgan fingerprint density at radius 3 is 2.10 bits per heavy atom. The molecule has 0 bridgehead atoms. The zero-order valence-corrected chi connectivity index (χ0v) is 12.2. The summed E-state index contributed by atoms with van der Waals surface area (Å²) in [7, 11) is 1.46. The lowest BCUT2D eigenvalue weighted by Gasteiger charge is -2.07. The van der Waals surface area contributed by atoms with Crippen LogP contribution in [-0.2, 0) is 16.0 Å².